The summed E-state index contributed by atoms with van der Waals surface area (Å²) in [4.78, 5) is 38.9. The van der Waals surface area contributed by atoms with Gasteiger partial charge in [-0.3, -0.25) is 9.59 Å². The fourth-order valence-corrected chi connectivity index (χ4v) is 5.94. The standard InChI is InChI=1S/C24H28N4O3/c1-15-13-16-7-5-6-8-17(16)28-19(15)26-27(21(28)31)12-11-25-20(30)24-10-9-23(4,18(29)14-24)22(24,2)3/h5-8,13H,9-12,14H2,1-4H3,(H,25,30)/t23-,24-/m1/s1. The molecule has 7 heteroatoms. The average Bonchev–Trinajstić information content (AvgIpc) is 3.22. The van der Waals surface area contributed by atoms with Crippen molar-refractivity contribution in [1.29, 1.82) is 0 Å². The summed E-state index contributed by atoms with van der Waals surface area (Å²) < 4.78 is 3.04. The Kier molecular flexibility index (Phi) is 4.04. The topological polar surface area (TPSA) is 85.5 Å². The van der Waals surface area contributed by atoms with E-state index in [9.17, 15) is 14.4 Å². The zero-order valence-corrected chi connectivity index (χ0v) is 18.5. The van der Waals surface area contributed by atoms with Gasteiger partial charge in [0, 0.05) is 18.4 Å². The summed E-state index contributed by atoms with van der Waals surface area (Å²) in [6, 6.07) is 9.76. The maximum absolute atomic E-state index is 13.2. The van der Waals surface area contributed by atoms with E-state index in [4.69, 9.17) is 0 Å². The molecule has 162 valence electrons. The van der Waals surface area contributed by atoms with Gasteiger partial charge in [-0.25, -0.2) is 13.9 Å². The van der Waals surface area contributed by atoms with Crippen molar-refractivity contribution in [1.82, 2.24) is 19.5 Å². The smallest absolute Gasteiger partial charge is 0.350 e. The number of hydrogen-bond donors (Lipinski definition) is 1. The van der Waals surface area contributed by atoms with Crippen molar-refractivity contribution in [2.45, 2.75) is 53.5 Å². The highest BCUT2D eigenvalue weighted by molar-refractivity contribution is 5.99. The lowest BCUT2D eigenvalue weighted by molar-refractivity contribution is -0.136. The summed E-state index contributed by atoms with van der Waals surface area (Å²) >= 11 is 0. The van der Waals surface area contributed by atoms with Crippen molar-refractivity contribution in [3.05, 3.63) is 46.4 Å². The van der Waals surface area contributed by atoms with Gasteiger partial charge in [0.1, 0.15) is 5.78 Å². The third kappa shape index (κ3) is 2.40. The lowest BCUT2D eigenvalue weighted by Crippen LogP contribution is -2.47. The minimum Gasteiger partial charge on any atom is -0.354 e. The van der Waals surface area contributed by atoms with Gasteiger partial charge in [0.05, 0.1) is 17.5 Å². The molecule has 2 aromatic heterocycles. The van der Waals surface area contributed by atoms with E-state index in [1.54, 1.807) is 4.40 Å². The van der Waals surface area contributed by atoms with Gasteiger partial charge in [-0.15, -0.1) is 5.10 Å². The second-order valence-corrected chi connectivity index (χ2v) is 9.95. The van der Waals surface area contributed by atoms with Crippen LogP contribution in [0.2, 0.25) is 0 Å². The predicted molar refractivity (Wildman–Crippen MR) is 118 cm³/mol. The first-order valence-corrected chi connectivity index (χ1v) is 10.9. The molecule has 2 aliphatic carbocycles. The molecule has 2 saturated carbocycles. The van der Waals surface area contributed by atoms with E-state index in [1.807, 2.05) is 58.0 Å². The maximum Gasteiger partial charge on any atom is 0.350 e. The van der Waals surface area contributed by atoms with Gasteiger partial charge in [-0.05, 0) is 48.3 Å². The largest absolute Gasteiger partial charge is 0.354 e. The molecule has 2 bridgehead atoms. The van der Waals surface area contributed by atoms with Gasteiger partial charge in [-0.2, -0.15) is 0 Å². The highest BCUT2D eigenvalue weighted by atomic mass is 16.2. The number of benzene rings is 1. The Morgan fingerprint density at radius 1 is 1.16 bits per heavy atom. The Morgan fingerprint density at radius 2 is 1.90 bits per heavy atom. The molecule has 1 N–H and O–H groups in total. The summed E-state index contributed by atoms with van der Waals surface area (Å²) in [5.74, 6) is 0.114. The third-order valence-electron chi connectivity index (χ3n) is 8.49. The minimum atomic E-state index is -0.657. The van der Waals surface area contributed by atoms with E-state index in [1.165, 1.54) is 4.68 Å². The first-order valence-electron chi connectivity index (χ1n) is 10.9. The average molecular weight is 421 g/mol. The monoisotopic (exact) mass is 420 g/mol. The first kappa shape index (κ1) is 20.0. The molecule has 0 saturated heterocycles. The van der Waals surface area contributed by atoms with Crippen LogP contribution in [0.1, 0.15) is 45.6 Å². The van der Waals surface area contributed by atoms with Gasteiger partial charge >= 0.3 is 5.69 Å². The van der Waals surface area contributed by atoms with E-state index >= 15 is 0 Å². The highest BCUT2D eigenvalue weighted by Gasteiger charge is 2.72. The molecule has 0 radical (unpaired) electrons. The van der Waals surface area contributed by atoms with Crippen molar-refractivity contribution < 1.29 is 9.59 Å². The normalized spacial score (nSPS) is 26.8. The second kappa shape index (κ2) is 6.28. The quantitative estimate of drug-likeness (QED) is 0.703. The molecule has 31 heavy (non-hydrogen) atoms. The molecule has 2 heterocycles. The Hall–Kier alpha value is -2.96. The fraction of sp³-hybridized carbons (Fsp3) is 0.500. The van der Waals surface area contributed by atoms with Crippen molar-refractivity contribution in [3.63, 3.8) is 0 Å². The van der Waals surface area contributed by atoms with Crippen LogP contribution in [0.25, 0.3) is 16.6 Å². The number of hydrogen-bond acceptors (Lipinski definition) is 4. The number of para-hydroxylation sites is 1. The van der Waals surface area contributed by atoms with Gasteiger partial charge < -0.3 is 5.32 Å². The van der Waals surface area contributed by atoms with Crippen LogP contribution in [-0.2, 0) is 16.1 Å². The van der Waals surface area contributed by atoms with Crippen molar-refractivity contribution in [2.24, 2.45) is 16.2 Å². The molecule has 5 rings (SSSR count). The van der Waals surface area contributed by atoms with E-state index in [-0.39, 0.29) is 29.3 Å². The number of rotatable bonds is 4. The van der Waals surface area contributed by atoms with Crippen molar-refractivity contribution in [2.75, 3.05) is 6.54 Å². The summed E-state index contributed by atoms with van der Waals surface area (Å²) in [7, 11) is 0. The van der Waals surface area contributed by atoms with Crippen LogP contribution in [0.15, 0.2) is 35.1 Å². The number of fused-ring (bicyclic) bond motifs is 5. The Morgan fingerprint density at radius 3 is 2.58 bits per heavy atom. The lowest BCUT2D eigenvalue weighted by atomic mass is 9.64. The molecule has 0 spiro atoms. The van der Waals surface area contributed by atoms with Gasteiger partial charge in [-0.1, -0.05) is 39.0 Å². The molecule has 2 fully saturated rings. The summed E-state index contributed by atoms with van der Waals surface area (Å²) in [6.07, 6.45) is 1.79. The van der Waals surface area contributed by atoms with Crippen LogP contribution < -0.4 is 11.0 Å². The molecular formula is C24H28N4O3. The van der Waals surface area contributed by atoms with Crippen LogP contribution >= 0.6 is 0 Å². The van der Waals surface area contributed by atoms with E-state index in [0.717, 1.165) is 29.3 Å². The second-order valence-electron chi connectivity index (χ2n) is 9.95. The van der Waals surface area contributed by atoms with Crippen molar-refractivity contribution >= 4 is 28.2 Å². The Bertz CT molecular complexity index is 1320. The van der Waals surface area contributed by atoms with Gasteiger partial charge in [0.2, 0.25) is 5.91 Å². The van der Waals surface area contributed by atoms with E-state index in [0.29, 0.717) is 18.6 Å². The molecule has 3 aromatic rings. The number of nitrogens with one attached hydrogen (secondary N) is 1. The van der Waals surface area contributed by atoms with Crippen LogP contribution in [-0.4, -0.2) is 32.4 Å². The van der Waals surface area contributed by atoms with Gasteiger partial charge in [0.25, 0.3) is 0 Å². The fourth-order valence-electron chi connectivity index (χ4n) is 5.94. The number of aromatic nitrogens is 3. The number of carbonyl (C=O) groups is 2. The summed E-state index contributed by atoms with van der Waals surface area (Å²) in [5, 5.41) is 8.51. The molecule has 1 amide bonds. The SMILES string of the molecule is Cc1cc2ccccc2n2c(=O)n(CCNC(=O)[C@@]34CC[C@](C)(C(=O)C3)C4(C)C)nc12. The molecule has 0 aliphatic heterocycles. The molecule has 0 unspecified atom stereocenters. The minimum absolute atomic E-state index is 0.0782. The molecule has 2 atom stereocenters. The number of Topliss-reactive ketones (excluding diaryl/α,β-unsaturated/α-hetero) is 1. The Labute approximate surface area is 180 Å². The molecular weight excluding hydrogens is 392 g/mol. The summed E-state index contributed by atoms with van der Waals surface area (Å²) in [5.41, 5.74) is 0.691. The number of pyridine rings is 1. The van der Waals surface area contributed by atoms with Crippen LogP contribution in [0, 0.1) is 23.2 Å². The summed E-state index contributed by atoms with van der Waals surface area (Å²) in [6.45, 7) is 8.61. The maximum atomic E-state index is 13.2. The number of nitrogens with zero attached hydrogens (tertiary/aromatic N) is 3. The third-order valence-corrected chi connectivity index (χ3v) is 8.49. The molecule has 1 aromatic carbocycles. The number of amides is 1. The van der Waals surface area contributed by atoms with Crippen LogP contribution in [0.3, 0.4) is 0 Å². The molecule has 2 aliphatic rings. The van der Waals surface area contributed by atoms with Gasteiger partial charge in [0.15, 0.2) is 5.65 Å². The van der Waals surface area contributed by atoms with E-state index in [2.05, 4.69) is 10.4 Å². The molecule has 7 nitrogen and oxygen atoms in total. The number of ketones is 1. The van der Waals surface area contributed by atoms with Crippen LogP contribution in [0.4, 0.5) is 0 Å². The highest BCUT2D eigenvalue weighted by Crippen LogP contribution is 2.70. The lowest BCUT2D eigenvalue weighted by Gasteiger charge is -2.38. The van der Waals surface area contributed by atoms with Crippen molar-refractivity contribution in [3.8, 4) is 0 Å². The van der Waals surface area contributed by atoms with E-state index < -0.39 is 10.8 Å². The van der Waals surface area contributed by atoms with Crippen LogP contribution in [0.5, 0.6) is 0 Å². The zero-order valence-electron chi connectivity index (χ0n) is 18.5. The Balaban J connectivity index is 1.39. The number of aryl methyl sites for hydroxylation is 1. The number of carbonyl (C=O) groups excluding carboxylic acids is 2. The zero-order chi connectivity index (χ0) is 22.2. The predicted octanol–water partition coefficient (Wildman–Crippen LogP) is 2.86. The first-order chi connectivity index (χ1) is 14.6.